The molecular weight excluding hydrogens is 286 g/mol. The predicted octanol–water partition coefficient (Wildman–Crippen LogP) is -0.839. The van der Waals surface area contributed by atoms with Crippen molar-refractivity contribution in [2.24, 2.45) is 5.73 Å². The Hall–Kier alpha value is -1.64. The van der Waals surface area contributed by atoms with E-state index in [1.807, 2.05) is 0 Å². The third kappa shape index (κ3) is 9.31. The predicted molar refractivity (Wildman–Crippen MR) is 74.5 cm³/mol. The first-order chi connectivity index (χ1) is 9.22. The van der Waals surface area contributed by atoms with Crippen LogP contribution in [0.25, 0.3) is 0 Å². The molecule has 0 radical (unpaired) electrons. The molecule has 3 amide bonds. The normalized spacial score (nSPS) is 14.9. The molecule has 2 unspecified atom stereocenters. The molecule has 0 aliphatic rings. The molecule has 0 bridgehead atoms. The monoisotopic (exact) mass is 307 g/mol. The Labute approximate surface area is 119 Å². The summed E-state index contributed by atoms with van der Waals surface area (Å²) in [5.41, 5.74) is 4.93. The Morgan fingerprint density at radius 1 is 1.25 bits per heavy atom. The van der Waals surface area contributed by atoms with Crippen LogP contribution >= 0.6 is 0 Å². The lowest BCUT2D eigenvalue weighted by molar-refractivity contribution is -0.139. The van der Waals surface area contributed by atoms with E-state index in [1.54, 1.807) is 13.2 Å². The number of carbonyl (C=O) groups excluding carboxylic acids is 2. The van der Waals surface area contributed by atoms with Crippen molar-refractivity contribution in [1.82, 2.24) is 10.6 Å². The minimum absolute atomic E-state index is 0.0640. The highest BCUT2D eigenvalue weighted by Gasteiger charge is 2.21. The van der Waals surface area contributed by atoms with Gasteiger partial charge >= 0.3 is 12.0 Å². The van der Waals surface area contributed by atoms with Crippen molar-refractivity contribution >= 4 is 28.7 Å². The van der Waals surface area contributed by atoms with Crippen LogP contribution in [0.15, 0.2) is 0 Å². The summed E-state index contributed by atoms with van der Waals surface area (Å²) in [6.45, 7) is 1.73. The fraction of sp³-hybridized carbons (Fsp3) is 0.727. The van der Waals surface area contributed by atoms with Crippen LogP contribution in [0.5, 0.6) is 0 Å². The zero-order valence-electron chi connectivity index (χ0n) is 11.5. The summed E-state index contributed by atoms with van der Waals surface area (Å²) in [5, 5.41) is 13.7. The third-order valence-electron chi connectivity index (χ3n) is 2.50. The summed E-state index contributed by atoms with van der Waals surface area (Å²) in [7, 11) is -0.945. The number of carboxylic acid groups (broad SMARTS) is 1. The maximum atomic E-state index is 11.6. The number of nitrogens with one attached hydrogen (secondary N) is 2. The molecule has 0 aliphatic heterocycles. The number of rotatable bonds is 9. The number of hydrogen-bond acceptors (Lipinski definition) is 4. The molecule has 0 saturated carbocycles. The summed E-state index contributed by atoms with van der Waals surface area (Å²) in [6.07, 6.45) is 1.90. The van der Waals surface area contributed by atoms with Crippen molar-refractivity contribution in [2.45, 2.75) is 38.3 Å². The maximum absolute atomic E-state index is 11.6. The van der Waals surface area contributed by atoms with E-state index in [2.05, 4.69) is 10.6 Å². The van der Waals surface area contributed by atoms with Gasteiger partial charge in [-0.15, -0.1) is 0 Å². The van der Waals surface area contributed by atoms with Gasteiger partial charge in [-0.3, -0.25) is 9.00 Å². The van der Waals surface area contributed by atoms with E-state index >= 15 is 0 Å². The molecule has 0 aromatic rings. The van der Waals surface area contributed by atoms with E-state index < -0.39 is 34.7 Å². The van der Waals surface area contributed by atoms with Gasteiger partial charge in [0.25, 0.3) is 0 Å². The average Bonchev–Trinajstić information content (AvgIpc) is 2.31. The summed E-state index contributed by atoms with van der Waals surface area (Å²) < 4.78 is 10.9. The second-order valence-electron chi connectivity index (χ2n) is 4.48. The molecule has 9 heteroatoms. The fourth-order valence-corrected chi connectivity index (χ4v) is 2.07. The second-order valence-corrected chi connectivity index (χ2v) is 6.04. The van der Waals surface area contributed by atoms with Crippen LogP contribution in [0.3, 0.4) is 0 Å². The van der Waals surface area contributed by atoms with E-state index in [4.69, 9.17) is 10.8 Å². The van der Waals surface area contributed by atoms with Gasteiger partial charge in [-0.05, 0) is 19.8 Å². The zero-order valence-corrected chi connectivity index (χ0v) is 12.4. The van der Waals surface area contributed by atoms with E-state index in [-0.39, 0.29) is 18.9 Å². The van der Waals surface area contributed by atoms with Gasteiger partial charge in [0.15, 0.2) is 0 Å². The van der Waals surface area contributed by atoms with Crippen LogP contribution in [-0.2, 0) is 20.4 Å². The van der Waals surface area contributed by atoms with Crippen LogP contribution in [0.1, 0.15) is 26.2 Å². The number of urea groups is 1. The van der Waals surface area contributed by atoms with E-state index in [0.29, 0.717) is 12.2 Å². The highest BCUT2D eigenvalue weighted by molar-refractivity contribution is 7.84. The van der Waals surface area contributed by atoms with Gasteiger partial charge in [-0.1, -0.05) is 0 Å². The molecule has 0 saturated heterocycles. The molecule has 0 aromatic carbocycles. The standard InChI is InChI=1S/C11H21N3O5S/c1-7(5-6-20(2)19)13-11(18)14-8(10(16)17)3-4-9(12)15/h7-8H,3-6H2,1-2H3,(H2,12,15)(H,16,17)(H2,13,14,18)/t7?,8-,20?/m0/s1. The molecule has 0 aromatic heterocycles. The van der Waals surface area contributed by atoms with Gasteiger partial charge in [-0.25, -0.2) is 9.59 Å². The molecule has 0 spiro atoms. The first kappa shape index (κ1) is 18.4. The molecule has 20 heavy (non-hydrogen) atoms. The van der Waals surface area contributed by atoms with Crippen LogP contribution in [0.2, 0.25) is 0 Å². The number of carbonyl (C=O) groups is 3. The van der Waals surface area contributed by atoms with Crippen molar-refractivity contribution in [2.75, 3.05) is 12.0 Å². The topological polar surface area (TPSA) is 139 Å². The lowest BCUT2D eigenvalue weighted by Gasteiger charge is -2.17. The van der Waals surface area contributed by atoms with Gasteiger partial charge in [-0.2, -0.15) is 0 Å². The van der Waals surface area contributed by atoms with Crippen molar-refractivity contribution in [3.05, 3.63) is 0 Å². The minimum atomic E-state index is -1.23. The van der Waals surface area contributed by atoms with Gasteiger partial charge < -0.3 is 21.5 Å². The van der Waals surface area contributed by atoms with Crippen LogP contribution < -0.4 is 16.4 Å². The number of primary amides is 1. The minimum Gasteiger partial charge on any atom is -0.480 e. The van der Waals surface area contributed by atoms with Gasteiger partial charge in [0.2, 0.25) is 5.91 Å². The highest BCUT2D eigenvalue weighted by Crippen LogP contribution is 1.98. The summed E-state index contributed by atoms with van der Waals surface area (Å²) >= 11 is 0. The lowest BCUT2D eigenvalue weighted by atomic mass is 10.1. The number of aliphatic carboxylic acids is 1. The molecule has 116 valence electrons. The Balaban J connectivity index is 4.21. The number of nitrogens with two attached hydrogens (primary N) is 1. The number of carboxylic acids is 1. The van der Waals surface area contributed by atoms with E-state index in [9.17, 15) is 18.6 Å². The zero-order chi connectivity index (χ0) is 15.7. The van der Waals surface area contributed by atoms with Crippen molar-refractivity contribution in [3.63, 3.8) is 0 Å². The fourth-order valence-electron chi connectivity index (χ4n) is 1.38. The molecule has 3 atom stereocenters. The SMILES string of the molecule is CC(CCS(C)=O)NC(=O)N[C@@H](CCC(N)=O)C(=O)O. The van der Waals surface area contributed by atoms with Crippen LogP contribution in [0.4, 0.5) is 4.79 Å². The average molecular weight is 307 g/mol. The quantitative estimate of drug-likeness (QED) is 0.440. The maximum Gasteiger partial charge on any atom is 0.326 e. The Morgan fingerprint density at radius 2 is 1.85 bits per heavy atom. The Bertz CT molecular complexity index is 388. The number of hydrogen-bond donors (Lipinski definition) is 4. The van der Waals surface area contributed by atoms with Gasteiger partial charge in [0, 0.05) is 35.3 Å². The summed E-state index contributed by atoms with van der Waals surface area (Å²) in [6, 6.07) is -2.05. The van der Waals surface area contributed by atoms with E-state index in [1.165, 1.54) is 0 Å². The first-order valence-corrected chi connectivity index (χ1v) is 7.83. The molecule has 8 nitrogen and oxygen atoms in total. The molecule has 0 rings (SSSR count). The second kappa shape index (κ2) is 9.29. The molecular formula is C11H21N3O5S. The lowest BCUT2D eigenvalue weighted by Crippen LogP contribution is -2.48. The molecule has 0 aliphatic carbocycles. The highest BCUT2D eigenvalue weighted by atomic mass is 32.2. The summed E-state index contributed by atoms with van der Waals surface area (Å²) in [5.74, 6) is -1.41. The smallest absolute Gasteiger partial charge is 0.326 e. The van der Waals surface area contributed by atoms with Crippen molar-refractivity contribution in [1.29, 1.82) is 0 Å². The van der Waals surface area contributed by atoms with Crippen molar-refractivity contribution < 1.29 is 23.7 Å². The van der Waals surface area contributed by atoms with Gasteiger partial charge in [0.1, 0.15) is 6.04 Å². The Kier molecular flexibility index (Phi) is 8.53. The van der Waals surface area contributed by atoms with Gasteiger partial charge in [0.05, 0.1) is 0 Å². The van der Waals surface area contributed by atoms with Crippen LogP contribution in [-0.4, -0.2) is 51.3 Å². The van der Waals surface area contributed by atoms with Crippen LogP contribution in [0, 0.1) is 0 Å². The number of amides is 3. The largest absolute Gasteiger partial charge is 0.480 e. The summed E-state index contributed by atoms with van der Waals surface area (Å²) in [4.78, 5) is 33.1. The molecule has 5 N–H and O–H groups in total. The third-order valence-corrected chi connectivity index (χ3v) is 3.31. The molecule has 0 fully saturated rings. The van der Waals surface area contributed by atoms with Crippen molar-refractivity contribution in [3.8, 4) is 0 Å². The first-order valence-electron chi connectivity index (χ1n) is 6.10. The van der Waals surface area contributed by atoms with E-state index in [0.717, 1.165) is 0 Å². The molecule has 0 heterocycles. The Morgan fingerprint density at radius 3 is 2.30 bits per heavy atom.